The molecule has 1 fully saturated rings. The highest BCUT2D eigenvalue weighted by Gasteiger charge is 2.29. The lowest BCUT2D eigenvalue weighted by Crippen LogP contribution is -2.44. The minimum absolute atomic E-state index is 0.315. The van der Waals surface area contributed by atoms with E-state index in [1.807, 2.05) is 0 Å². The summed E-state index contributed by atoms with van der Waals surface area (Å²) in [6.07, 6.45) is 2.74. The third kappa shape index (κ3) is 1.32. The molecule has 2 N–H and O–H groups in total. The molecule has 0 bridgehead atoms. The summed E-state index contributed by atoms with van der Waals surface area (Å²) in [7, 11) is 0. The second kappa shape index (κ2) is 2.89. The molecule has 0 spiro atoms. The molecule has 60 valence electrons. The summed E-state index contributed by atoms with van der Waals surface area (Å²) in [4.78, 5) is 2.39. The number of nitrogens with zero attached hydrogens (tertiary/aromatic N) is 1. The highest BCUT2D eigenvalue weighted by molar-refractivity contribution is 4.83. The van der Waals surface area contributed by atoms with Gasteiger partial charge in [0.1, 0.15) is 0 Å². The first-order valence-electron chi connectivity index (χ1n) is 4.16. The molecule has 2 heteroatoms. The van der Waals surface area contributed by atoms with E-state index in [0.29, 0.717) is 18.2 Å². The van der Waals surface area contributed by atoms with Gasteiger partial charge in [-0.25, -0.2) is 0 Å². The van der Waals surface area contributed by atoms with E-state index in [2.05, 4.69) is 25.7 Å². The van der Waals surface area contributed by atoms with Crippen molar-refractivity contribution in [3.05, 3.63) is 0 Å². The fraction of sp³-hybridized carbons (Fsp3) is 1.00. The zero-order valence-corrected chi connectivity index (χ0v) is 7.17. The van der Waals surface area contributed by atoms with E-state index in [0.717, 1.165) is 0 Å². The largest absolute Gasteiger partial charge is 0.316 e. The molecular formula is C8H18N2. The van der Waals surface area contributed by atoms with Crippen molar-refractivity contribution < 1.29 is 0 Å². The molecule has 0 aromatic carbocycles. The quantitative estimate of drug-likeness (QED) is 0.595. The van der Waals surface area contributed by atoms with Crippen LogP contribution in [-0.2, 0) is 0 Å². The molecule has 1 heterocycles. The zero-order chi connectivity index (χ0) is 7.72. The SMILES string of the molecule is CC(C)N1[C@H](N)CC[C@@H]1C. The van der Waals surface area contributed by atoms with Crippen LogP contribution in [0.2, 0.25) is 0 Å². The molecule has 1 aliphatic heterocycles. The van der Waals surface area contributed by atoms with Crippen LogP contribution in [0, 0.1) is 0 Å². The van der Waals surface area contributed by atoms with E-state index in [1.165, 1.54) is 12.8 Å². The number of nitrogens with two attached hydrogens (primary N) is 1. The Morgan fingerprint density at radius 1 is 1.40 bits per heavy atom. The molecule has 1 aliphatic rings. The second-order valence-electron chi connectivity index (χ2n) is 3.53. The van der Waals surface area contributed by atoms with Gasteiger partial charge in [0.15, 0.2) is 0 Å². The molecule has 1 saturated heterocycles. The van der Waals surface area contributed by atoms with Gasteiger partial charge in [0.25, 0.3) is 0 Å². The maximum atomic E-state index is 5.90. The van der Waals surface area contributed by atoms with Crippen LogP contribution >= 0.6 is 0 Å². The molecule has 2 nitrogen and oxygen atoms in total. The predicted octanol–water partition coefficient (Wildman–Crippen LogP) is 1.16. The second-order valence-corrected chi connectivity index (χ2v) is 3.53. The van der Waals surface area contributed by atoms with E-state index < -0.39 is 0 Å². The average Bonchev–Trinajstić information content (AvgIpc) is 2.11. The first-order chi connectivity index (χ1) is 4.63. The lowest BCUT2D eigenvalue weighted by molar-refractivity contribution is 0.160. The normalized spacial score (nSPS) is 35.7. The molecule has 0 radical (unpaired) electrons. The monoisotopic (exact) mass is 142 g/mol. The first kappa shape index (κ1) is 8.02. The fourth-order valence-corrected chi connectivity index (χ4v) is 1.93. The van der Waals surface area contributed by atoms with Crippen molar-refractivity contribution >= 4 is 0 Å². The number of rotatable bonds is 1. The van der Waals surface area contributed by atoms with Crippen LogP contribution < -0.4 is 5.73 Å². The third-order valence-electron chi connectivity index (χ3n) is 2.37. The van der Waals surface area contributed by atoms with Gasteiger partial charge in [-0.15, -0.1) is 0 Å². The van der Waals surface area contributed by atoms with Gasteiger partial charge < -0.3 is 5.73 Å². The molecule has 0 aromatic rings. The lowest BCUT2D eigenvalue weighted by Gasteiger charge is -2.29. The van der Waals surface area contributed by atoms with Gasteiger partial charge in [-0.05, 0) is 33.6 Å². The number of hydrogen-bond donors (Lipinski definition) is 1. The standard InChI is InChI=1S/C8H18N2/c1-6(2)10-7(3)4-5-8(10)9/h6-8H,4-5,9H2,1-3H3/t7-,8-/m0/s1. The molecule has 0 amide bonds. The molecule has 1 rings (SSSR count). The Balaban J connectivity index is 2.54. The molecule has 2 atom stereocenters. The predicted molar refractivity (Wildman–Crippen MR) is 43.6 cm³/mol. The van der Waals surface area contributed by atoms with Gasteiger partial charge in [0.2, 0.25) is 0 Å². The van der Waals surface area contributed by atoms with Crippen LogP contribution in [0.25, 0.3) is 0 Å². The summed E-state index contributed by atoms with van der Waals surface area (Å²) in [5.41, 5.74) is 5.90. The first-order valence-corrected chi connectivity index (χ1v) is 4.16. The minimum atomic E-state index is 0.315. The van der Waals surface area contributed by atoms with Crippen molar-refractivity contribution in [2.75, 3.05) is 0 Å². The number of likely N-dealkylation sites (tertiary alicyclic amines) is 1. The van der Waals surface area contributed by atoms with Crippen LogP contribution in [0.1, 0.15) is 33.6 Å². The van der Waals surface area contributed by atoms with Gasteiger partial charge in [0.05, 0.1) is 6.17 Å². The summed E-state index contributed by atoms with van der Waals surface area (Å²) in [6, 6.07) is 1.29. The Labute approximate surface area is 63.4 Å². The fourth-order valence-electron chi connectivity index (χ4n) is 1.93. The molecule has 0 aliphatic carbocycles. The van der Waals surface area contributed by atoms with Crippen LogP contribution in [0.4, 0.5) is 0 Å². The Morgan fingerprint density at radius 2 is 2.00 bits per heavy atom. The maximum absolute atomic E-state index is 5.90. The maximum Gasteiger partial charge on any atom is 0.0577 e. The summed E-state index contributed by atoms with van der Waals surface area (Å²) >= 11 is 0. The highest BCUT2D eigenvalue weighted by Crippen LogP contribution is 2.22. The third-order valence-corrected chi connectivity index (χ3v) is 2.37. The number of hydrogen-bond acceptors (Lipinski definition) is 2. The van der Waals surface area contributed by atoms with E-state index in [9.17, 15) is 0 Å². The Kier molecular flexibility index (Phi) is 2.32. The summed E-state index contributed by atoms with van der Waals surface area (Å²) in [5, 5.41) is 0. The van der Waals surface area contributed by atoms with Gasteiger partial charge in [-0.1, -0.05) is 0 Å². The van der Waals surface area contributed by atoms with Crippen molar-refractivity contribution in [1.82, 2.24) is 4.90 Å². The Morgan fingerprint density at radius 3 is 2.20 bits per heavy atom. The zero-order valence-electron chi connectivity index (χ0n) is 7.17. The van der Waals surface area contributed by atoms with E-state index >= 15 is 0 Å². The van der Waals surface area contributed by atoms with Gasteiger partial charge in [0, 0.05) is 12.1 Å². The smallest absolute Gasteiger partial charge is 0.0577 e. The van der Waals surface area contributed by atoms with Gasteiger partial charge in [-0.2, -0.15) is 0 Å². The van der Waals surface area contributed by atoms with E-state index in [1.54, 1.807) is 0 Å². The van der Waals surface area contributed by atoms with Gasteiger partial charge in [-0.3, -0.25) is 4.90 Å². The van der Waals surface area contributed by atoms with Crippen molar-refractivity contribution in [3.8, 4) is 0 Å². The molecule has 10 heavy (non-hydrogen) atoms. The Hall–Kier alpha value is -0.0800. The van der Waals surface area contributed by atoms with E-state index in [-0.39, 0.29) is 0 Å². The van der Waals surface area contributed by atoms with Crippen molar-refractivity contribution in [2.45, 2.75) is 51.9 Å². The van der Waals surface area contributed by atoms with Crippen molar-refractivity contribution in [1.29, 1.82) is 0 Å². The summed E-state index contributed by atoms with van der Waals surface area (Å²) in [5.74, 6) is 0. The topological polar surface area (TPSA) is 29.3 Å². The van der Waals surface area contributed by atoms with Crippen LogP contribution in [-0.4, -0.2) is 23.1 Å². The van der Waals surface area contributed by atoms with Crippen molar-refractivity contribution in [3.63, 3.8) is 0 Å². The van der Waals surface area contributed by atoms with Crippen LogP contribution in [0.15, 0.2) is 0 Å². The van der Waals surface area contributed by atoms with Crippen LogP contribution in [0.5, 0.6) is 0 Å². The molecular weight excluding hydrogens is 124 g/mol. The van der Waals surface area contributed by atoms with E-state index in [4.69, 9.17) is 5.73 Å². The minimum Gasteiger partial charge on any atom is -0.316 e. The Bertz CT molecular complexity index is 102. The highest BCUT2D eigenvalue weighted by atomic mass is 15.3. The summed E-state index contributed by atoms with van der Waals surface area (Å²) in [6.45, 7) is 6.68. The van der Waals surface area contributed by atoms with Crippen LogP contribution in [0.3, 0.4) is 0 Å². The van der Waals surface area contributed by atoms with Gasteiger partial charge >= 0.3 is 0 Å². The van der Waals surface area contributed by atoms with Crippen molar-refractivity contribution in [2.24, 2.45) is 5.73 Å². The summed E-state index contributed by atoms with van der Waals surface area (Å²) < 4.78 is 0. The molecule has 0 unspecified atom stereocenters. The molecule has 0 aromatic heterocycles. The molecule has 0 saturated carbocycles. The average molecular weight is 142 g/mol. The lowest BCUT2D eigenvalue weighted by atomic mass is 10.2.